The highest BCUT2D eigenvalue weighted by molar-refractivity contribution is 5.63. The van der Waals surface area contributed by atoms with Crippen LogP contribution in [0, 0.1) is 16.0 Å². The van der Waals surface area contributed by atoms with Gasteiger partial charge in [-0.3, -0.25) is 10.1 Å². The summed E-state index contributed by atoms with van der Waals surface area (Å²) in [5.74, 6) is 1.23. The van der Waals surface area contributed by atoms with Gasteiger partial charge in [-0.1, -0.05) is 18.2 Å². The Balaban J connectivity index is 1.85. The van der Waals surface area contributed by atoms with Gasteiger partial charge in [-0.25, -0.2) is 4.98 Å². The first-order valence-corrected chi connectivity index (χ1v) is 8.15. The van der Waals surface area contributed by atoms with Crippen molar-refractivity contribution in [3.63, 3.8) is 0 Å². The Morgan fingerprint density at radius 1 is 1.24 bits per heavy atom. The van der Waals surface area contributed by atoms with E-state index >= 15 is 0 Å². The van der Waals surface area contributed by atoms with Gasteiger partial charge in [0.1, 0.15) is 12.1 Å². The second kappa shape index (κ2) is 7.89. The Hall–Kier alpha value is -2.74. The van der Waals surface area contributed by atoms with E-state index in [1.807, 2.05) is 11.0 Å². The van der Waals surface area contributed by atoms with Gasteiger partial charge >= 0.3 is 11.6 Å². The summed E-state index contributed by atoms with van der Waals surface area (Å²) < 4.78 is 10.8. The number of hydrogen-bond acceptors (Lipinski definition) is 7. The summed E-state index contributed by atoms with van der Waals surface area (Å²) in [4.78, 5) is 21.2. The van der Waals surface area contributed by atoms with Gasteiger partial charge in [0, 0.05) is 26.8 Å². The number of nitro groups is 1. The van der Waals surface area contributed by atoms with Crippen molar-refractivity contribution in [2.75, 3.05) is 31.7 Å². The van der Waals surface area contributed by atoms with Crippen molar-refractivity contribution in [3.05, 3.63) is 46.8 Å². The summed E-state index contributed by atoms with van der Waals surface area (Å²) in [5.41, 5.74) is -0.198. The van der Waals surface area contributed by atoms with E-state index in [-0.39, 0.29) is 11.6 Å². The summed E-state index contributed by atoms with van der Waals surface area (Å²) in [7, 11) is 1.69. The average Bonchev–Trinajstić information content (AvgIpc) is 2.63. The fourth-order valence-electron chi connectivity index (χ4n) is 2.97. The highest BCUT2D eigenvalue weighted by Gasteiger charge is 2.31. The van der Waals surface area contributed by atoms with Crippen molar-refractivity contribution in [3.8, 4) is 11.6 Å². The summed E-state index contributed by atoms with van der Waals surface area (Å²) >= 11 is 0. The molecule has 0 N–H and O–H groups in total. The van der Waals surface area contributed by atoms with Crippen molar-refractivity contribution >= 4 is 11.5 Å². The van der Waals surface area contributed by atoms with Gasteiger partial charge in [0.25, 0.3) is 0 Å². The third-order valence-electron chi connectivity index (χ3n) is 4.23. The molecule has 0 bridgehead atoms. The molecule has 1 aliphatic rings. The van der Waals surface area contributed by atoms with E-state index in [2.05, 4.69) is 9.97 Å². The molecule has 1 aliphatic heterocycles. The fraction of sp³-hybridized carbons (Fsp3) is 0.412. The fourth-order valence-corrected chi connectivity index (χ4v) is 2.97. The van der Waals surface area contributed by atoms with Crippen LogP contribution < -0.4 is 9.64 Å². The van der Waals surface area contributed by atoms with E-state index in [1.165, 1.54) is 6.33 Å². The zero-order valence-electron chi connectivity index (χ0n) is 14.0. The van der Waals surface area contributed by atoms with Gasteiger partial charge in [-0.05, 0) is 30.9 Å². The zero-order chi connectivity index (χ0) is 17.6. The molecule has 8 heteroatoms. The van der Waals surface area contributed by atoms with Crippen LogP contribution in [-0.2, 0) is 4.74 Å². The summed E-state index contributed by atoms with van der Waals surface area (Å²) in [6, 6.07) is 8.88. The first-order valence-electron chi connectivity index (χ1n) is 8.15. The average molecular weight is 344 g/mol. The monoisotopic (exact) mass is 344 g/mol. The van der Waals surface area contributed by atoms with Crippen LogP contribution in [0.4, 0.5) is 11.5 Å². The molecule has 0 amide bonds. The smallest absolute Gasteiger partial charge is 0.373 e. The molecule has 0 atom stereocenters. The quantitative estimate of drug-likeness (QED) is 0.587. The summed E-state index contributed by atoms with van der Waals surface area (Å²) in [5, 5.41) is 11.6. The lowest BCUT2D eigenvalue weighted by Gasteiger charge is -2.32. The van der Waals surface area contributed by atoms with Crippen LogP contribution in [0.15, 0.2) is 36.7 Å². The topological polar surface area (TPSA) is 90.6 Å². The molecule has 0 unspecified atom stereocenters. The molecule has 1 saturated heterocycles. The molecular formula is C17H20N4O4. The molecule has 1 aromatic carbocycles. The number of para-hydroxylation sites is 1. The van der Waals surface area contributed by atoms with Crippen molar-refractivity contribution < 1.29 is 14.4 Å². The van der Waals surface area contributed by atoms with Gasteiger partial charge in [0.2, 0.25) is 5.82 Å². The molecule has 1 aromatic heterocycles. The molecule has 8 nitrogen and oxygen atoms in total. The molecule has 132 valence electrons. The Kier molecular flexibility index (Phi) is 5.39. The lowest BCUT2D eigenvalue weighted by molar-refractivity contribution is -0.385. The predicted molar refractivity (Wildman–Crippen MR) is 92.0 cm³/mol. The maximum atomic E-state index is 11.6. The van der Waals surface area contributed by atoms with Gasteiger partial charge in [0.05, 0.1) is 4.92 Å². The summed E-state index contributed by atoms with van der Waals surface area (Å²) in [6.45, 7) is 2.09. The van der Waals surface area contributed by atoms with Crippen molar-refractivity contribution in [1.82, 2.24) is 9.97 Å². The Bertz CT molecular complexity index is 718. The van der Waals surface area contributed by atoms with E-state index in [0.29, 0.717) is 37.2 Å². The van der Waals surface area contributed by atoms with E-state index in [1.54, 1.807) is 31.4 Å². The number of anilines is 1. The first kappa shape index (κ1) is 17.1. The van der Waals surface area contributed by atoms with Crippen LogP contribution in [0.5, 0.6) is 11.6 Å². The van der Waals surface area contributed by atoms with Crippen LogP contribution >= 0.6 is 0 Å². The minimum Gasteiger partial charge on any atom is -0.434 e. The third-order valence-corrected chi connectivity index (χ3v) is 4.23. The lowest BCUT2D eigenvalue weighted by atomic mass is 9.98. The minimum absolute atomic E-state index is 0.0415. The van der Waals surface area contributed by atoms with Crippen LogP contribution in [0.3, 0.4) is 0 Å². The van der Waals surface area contributed by atoms with Crippen LogP contribution in [-0.4, -0.2) is 41.7 Å². The highest BCUT2D eigenvalue weighted by Crippen LogP contribution is 2.37. The Morgan fingerprint density at radius 2 is 1.96 bits per heavy atom. The number of aromatic nitrogens is 2. The van der Waals surface area contributed by atoms with E-state index in [4.69, 9.17) is 9.47 Å². The van der Waals surface area contributed by atoms with Crippen molar-refractivity contribution in [2.45, 2.75) is 12.8 Å². The van der Waals surface area contributed by atoms with Crippen LogP contribution in [0.1, 0.15) is 12.8 Å². The maximum absolute atomic E-state index is 11.6. The highest BCUT2D eigenvalue weighted by atomic mass is 16.6. The van der Waals surface area contributed by atoms with Crippen molar-refractivity contribution in [2.24, 2.45) is 5.92 Å². The molecule has 0 saturated carbocycles. The number of rotatable bonds is 6. The first-order chi connectivity index (χ1) is 12.2. The molecule has 3 rings (SSSR count). The van der Waals surface area contributed by atoms with Crippen LogP contribution in [0.25, 0.3) is 0 Å². The van der Waals surface area contributed by atoms with E-state index < -0.39 is 4.92 Å². The number of ether oxygens (including phenoxy) is 2. The SMILES string of the molecule is COCC1CCN(c2ncnc(Oc3ccccc3)c2[N+](=O)[O-])CC1. The molecule has 2 heterocycles. The molecule has 2 aromatic rings. The van der Waals surface area contributed by atoms with Gasteiger partial charge in [-0.15, -0.1) is 0 Å². The maximum Gasteiger partial charge on any atom is 0.373 e. The second-order valence-electron chi connectivity index (χ2n) is 5.91. The van der Waals surface area contributed by atoms with E-state index in [9.17, 15) is 10.1 Å². The molecule has 0 spiro atoms. The molecule has 1 fully saturated rings. The zero-order valence-corrected chi connectivity index (χ0v) is 14.0. The largest absolute Gasteiger partial charge is 0.434 e. The standard InChI is InChI=1S/C17H20N4O4/c1-24-11-13-7-9-20(10-8-13)16-15(21(22)23)17(19-12-18-16)25-14-5-3-2-4-6-14/h2-6,12-13H,7-11H2,1H3. The molecule has 0 radical (unpaired) electrons. The second-order valence-corrected chi connectivity index (χ2v) is 5.91. The Labute approximate surface area is 145 Å². The lowest BCUT2D eigenvalue weighted by Crippen LogP contribution is -2.36. The minimum atomic E-state index is -0.477. The van der Waals surface area contributed by atoms with Crippen LogP contribution in [0.2, 0.25) is 0 Å². The number of hydrogen-bond donors (Lipinski definition) is 0. The number of benzene rings is 1. The Morgan fingerprint density at radius 3 is 2.60 bits per heavy atom. The van der Waals surface area contributed by atoms with Crippen molar-refractivity contribution in [1.29, 1.82) is 0 Å². The van der Waals surface area contributed by atoms with E-state index in [0.717, 1.165) is 12.8 Å². The molecular weight excluding hydrogens is 324 g/mol. The number of piperidine rings is 1. The predicted octanol–water partition coefficient (Wildman–Crippen LogP) is 3.04. The number of nitrogens with zero attached hydrogens (tertiary/aromatic N) is 4. The number of methoxy groups -OCH3 is 1. The van der Waals surface area contributed by atoms with Gasteiger partial charge in [-0.2, -0.15) is 4.98 Å². The molecule has 25 heavy (non-hydrogen) atoms. The molecule has 0 aliphatic carbocycles. The third kappa shape index (κ3) is 4.03. The van der Waals surface area contributed by atoms with Gasteiger partial charge in [0.15, 0.2) is 0 Å². The summed E-state index contributed by atoms with van der Waals surface area (Å²) in [6.07, 6.45) is 3.12. The van der Waals surface area contributed by atoms with Gasteiger partial charge < -0.3 is 14.4 Å². The normalized spacial score (nSPS) is 15.2.